The molecule has 4 unspecified atom stereocenters. The number of carboxylic acid groups (broad SMARTS) is 2. The Morgan fingerprint density at radius 3 is 2.06 bits per heavy atom. The maximum Gasteiger partial charge on any atom is 0.327 e. The Morgan fingerprint density at radius 1 is 0.943 bits per heavy atom. The number of carboxylic acids is 2. The van der Waals surface area contributed by atoms with E-state index in [4.69, 9.17) is 16.6 Å². The number of thiol groups is 1. The van der Waals surface area contributed by atoms with E-state index < -0.39 is 66.2 Å². The number of hydrogen-bond acceptors (Lipinski definition) is 9. The van der Waals surface area contributed by atoms with E-state index in [9.17, 15) is 33.9 Å². The lowest BCUT2D eigenvalue weighted by molar-refractivity contribution is -0.141. The van der Waals surface area contributed by atoms with Crippen LogP contribution < -0.4 is 27.4 Å². The molecule has 4 amide bonds. The number of H-pyrrole nitrogens is 1. The summed E-state index contributed by atoms with van der Waals surface area (Å²) in [5, 5.41) is 25.1. The molecule has 0 radical (unpaired) electrons. The Kier molecular flexibility index (Phi) is 12.2. The smallest absolute Gasteiger partial charge is 0.327 e. The van der Waals surface area contributed by atoms with Crippen molar-refractivity contribution in [3.8, 4) is 0 Å². The van der Waals surface area contributed by atoms with E-state index in [-0.39, 0.29) is 31.4 Å². The van der Waals surface area contributed by atoms with Gasteiger partial charge in [-0.05, 0) is 12.8 Å². The zero-order valence-electron chi connectivity index (χ0n) is 18.6. The standard InChI is InChI=1S/C19H29N7O8S/c20-10(1-3-14(21)27)16(30)24-11(2-4-15(28)29)17(31)25-12(5-9-6-22-8-23-9)18(32)26-13(7-35)19(33)34/h6,8,10-13,35H,1-5,7,20H2,(H2,21,27)(H,22,23)(H,24,30)(H,25,31)(H,26,32)(H,28,29)(H,33,34). The van der Waals surface area contributed by atoms with Crippen molar-refractivity contribution in [2.24, 2.45) is 11.5 Å². The van der Waals surface area contributed by atoms with Gasteiger partial charge in [-0.1, -0.05) is 0 Å². The van der Waals surface area contributed by atoms with Gasteiger partial charge in [0.05, 0.1) is 12.4 Å². The van der Waals surface area contributed by atoms with Gasteiger partial charge in [0.15, 0.2) is 0 Å². The third kappa shape index (κ3) is 10.9. The summed E-state index contributed by atoms with van der Waals surface area (Å²) in [5.41, 5.74) is 11.2. The molecule has 1 rings (SSSR count). The minimum absolute atomic E-state index is 0.0976. The van der Waals surface area contributed by atoms with Crippen LogP contribution in [0.2, 0.25) is 0 Å². The number of imidazole rings is 1. The van der Waals surface area contributed by atoms with Gasteiger partial charge in [-0.2, -0.15) is 12.6 Å². The molecule has 0 saturated carbocycles. The number of nitrogens with two attached hydrogens (primary N) is 2. The molecule has 35 heavy (non-hydrogen) atoms. The van der Waals surface area contributed by atoms with Crippen LogP contribution in [-0.4, -0.2) is 85.7 Å². The summed E-state index contributed by atoms with van der Waals surface area (Å²) < 4.78 is 0. The SMILES string of the molecule is NC(=O)CCC(N)C(=O)NC(CCC(=O)O)C(=O)NC(Cc1cnc[nH]1)C(=O)NC(CS)C(=O)O. The second-order valence-electron chi connectivity index (χ2n) is 7.53. The molecule has 194 valence electrons. The summed E-state index contributed by atoms with van der Waals surface area (Å²) in [6.07, 6.45) is 1.51. The molecule has 10 N–H and O–H groups in total. The van der Waals surface area contributed by atoms with Crippen molar-refractivity contribution in [3.63, 3.8) is 0 Å². The zero-order valence-corrected chi connectivity index (χ0v) is 19.5. The monoisotopic (exact) mass is 515 g/mol. The maximum absolute atomic E-state index is 12.9. The molecule has 16 heteroatoms. The van der Waals surface area contributed by atoms with E-state index in [1.165, 1.54) is 12.5 Å². The highest BCUT2D eigenvalue weighted by Crippen LogP contribution is 2.05. The van der Waals surface area contributed by atoms with E-state index in [0.717, 1.165) is 0 Å². The van der Waals surface area contributed by atoms with Crippen LogP contribution >= 0.6 is 12.6 Å². The number of aromatic amines is 1. The van der Waals surface area contributed by atoms with Crippen LogP contribution in [0.1, 0.15) is 31.4 Å². The summed E-state index contributed by atoms with van der Waals surface area (Å²) in [7, 11) is 0. The van der Waals surface area contributed by atoms with Gasteiger partial charge in [-0.25, -0.2) is 9.78 Å². The van der Waals surface area contributed by atoms with E-state index in [2.05, 4.69) is 38.5 Å². The molecule has 1 heterocycles. The number of carbonyl (C=O) groups is 6. The number of hydrogen-bond donors (Lipinski definition) is 9. The molecular weight excluding hydrogens is 486 g/mol. The van der Waals surface area contributed by atoms with Gasteiger partial charge in [-0.15, -0.1) is 0 Å². The first kappa shape index (κ1) is 29.4. The average molecular weight is 516 g/mol. The number of nitrogens with zero attached hydrogens (tertiary/aromatic N) is 1. The summed E-state index contributed by atoms with van der Waals surface area (Å²) in [6.45, 7) is 0. The molecule has 0 saturated heterocycles. The van der Waals surface area contributed by atoms with E-state index >= 15 is 0 Å². The lowest BCUT2D eigenvalue weighted by Crippen LogP contribution is -2.58. The van der Waals surface area contributed by atoms with Crippen molar-refractivity contribution >= 4 is 48.2 Å². The van der Waals surface area contributed by atoms with Crippen LogP contribution in [0.5, 0.6) is 0 Å². The fraction of sp³-hybridized carbons (Fsp3) is 0.526. The average Bonchev–Trinajstić information content (AvgIpc) is 3.30. The van der Waals surface area contributed by atoms with Crippen molar-refractivity contribution in [3.05, 3.63) is 18.2 Å². The predicted molar refractivity (Wildman–Crippen MR) is 123 cm³/mol. The Hall–Kier alpha value is -3.66. The lowest BCUT2D eigenvalue weighted by atomic mass is 10.1. The molecule has 15 nitrogen and oxygen atoms in total. The number of primary amides is 1. The first-order valence-electron chi connectivity index (χ1n) is 10.4. The second kappa shape index (κ2) is 14.6. The van der Waals surface area contributed by atoms with Gasteiger partial charge < -0.3 is 42.6 Å². The number of carbonyl (C=O) groups excluding carboxylic acids is 4. The van der Waals surface area contributed by atoms with Crippen LogP contribution in [0.25, 0.3) is 0 Å². The highest BCUT2D eigenvalue weighted by molar-refractivity contribution is 7.80. The first-order valence-corrected chi connectivity index (χ1v) is 11.1. The Morgan fingerprint density at radius 2 is 1.54 bits per heavy atom. The zero-order chi connectivity index (χ0) is 26.5. The molecule has 0 aliphatic rings. The van der Waals surface area contributed by atoms with Crippen LogP contribution in [-0.2, 0) is 35.2 Å². The largest absolute Gasteiger partial charge is 0.481 e. The number of nitrogens with one attached hydrogen (secondary N) is 4. The third-order valence-electron chi connectivity index (χ3n) is 4.73. The topological polar surface area (TPSA) is 260 Å². The highest BCUT2D eigenvalue weighted by Gasteiger charge is 2.30. The minimum atomic E-state index is -1.39. The Labute approximate surface area is 205 Å². The fourth-order valence-corrected chi connectivity index (χ4v) is 3.05. The molecule has 0 aliphatic heterocycles. The maximum atomic E-state index is 12.9. The predicted octanol–water partition coefficient (Wildman–Crippen LogP) is -3.12. The van der Waals surface area contributed by atoms with Crippen LogP contribution in [0.15, 0.2) is 12.5 Å². The van der Waals surface area contributed by atoms with Crippen molar-refractivity contribution < 1.29 is 39.0 Å². The number of aliphatic carboxylic acids is 2. The molecule has 0 bridgehead atoms. The second-order valence-corrected chi connectivity index (χ2v) is 7.89. The first-order chi connectivity index (χ1) is 16.4. The summed E-state index contributed by atoms with van der Waals surface area (Å²) in [4.78, 5) is 77.8. The van der Waals surface area contributed by atoms with E-state index in [1.807, 2.05) is 0 Å². The number of amides is 4. The number of rotatable bonds is 16. The van der Waals surface area contributed by atoms with Gasteiger partial charge >= 0.3 is 11.9 Å². The van der Waals surface area contributed by atoms with Crippen LogP contribution in [0.3, 0.4) is 0 Å². The van der Waals surface area contributed by atoms with Gasteiger partial charge in [0.25, 0.3) is 0 Å². The fourth-order valence-electron chi connectivity index (χ4n) is 2.80. The van der Waals surface area contributed by atoms with E-state index in [1.54, 1.807) is 0 Å². The normalized spacial score (nSPS) is 14.1. The van der Waals surface area contributed by atoms with Gasteiger partial charge in [0.1, 0.15) is 18.1 Å². The molecule has 1 aromatic rings. The summed E-state index contributed by atoms with van der Waals surface area (Å²) in [5.74, 6) is -6.05. The molecule has 1 aromatic heterocycles. The minimum Gasteiger partial charge on any atom is -0.481 e. The lowest BCUT2D eigenvalue weighted by Gasteiger charge is -2.24. The molecule has 0 spiro atoms. The van der Waals surface area contributed by atoms with Crippen molar-refractivity contribution in [1.82, 2.24) is 25.9 Å². The third-order valence-corrected chi connectivity index (χ3v) is 5.09. The van der Waals surface area contributed by atoms with E-state index in [0.29, 0.717) is 5.69 Å². The molecular formula is C19H29N7O8S. The molecule has 0 aliphatic carbocycles. The van der Waals surface area contributed by atoms with Crippen molar-refractivity contribution in [1.29, 1.82) is 0 Å². The number of aromatic nitrogens is 2. The molecule has 0 aromatic carbocycles. The molecule has 0 fully saturated rings. The van der Waals surface area contributed by atoms with Gasteiger partial charge in [0.2, 0.25) is 23.6 Å². The van der Waals surface area contributed by atoms with Crippen molar-refractivity contribution in [2.45, 2.75) is 56.3 Å². The summed E-state index contributed by atoms with van der Waals surface area (Å²) in [6, 6.07) is -5.23. The highest BCUT2D eigenvalue weighted by atomic mass is 32.1. The van der Waals surface area contributed by atoms with Crippen molar-refractivity contribution in [2.75, 3.05) is 5.75 Å². The van der Waals surface area contributed by atoms with Gasteiger partial charge in [0, 0.05) is 36.9 Å². The Balaban J connectivity index is 3.02. The van der Waals surface area contributed by atoms with Crippen LogP contribution in [0.4, 0.5) is 0 Å². The quantitative estimate of drug-likeness (QED) is 0.1000. The molecule has 4 atom stereocenters. The Bertz CT molecular complexity index is 911. The summed E-state index contributed by atoms with van der Waals surface area (Å²) >= 11 is 3.88. The van der Waals surface area contributed by atoms with Crippen LogP contribution in [0, 0.1) is 0 Å². The van der Waals surface area contributed by atoms with Gasteiger partial charge in [-0.3, -0.25) is 24.0 Å².